The molecular weight excluding hydrogens is 572 g/mol. The summed E-state index contributed by atoms with van der Waals surface area (Å²) in [4.78, 5) is 43.9. The Hall–Kier alpha value is -2.92. The number of nitrogens with zero attached hydrogens (tertiary/aromatic N) is 1. The van der Waals surface area contributed by atoms with Crippen LogP contribution in [-0.4, -0.2) is 37.1 Å². The van der Waals surface area contributed by atoms with Gasteiger partial charge in [-0.15, -0.1) is 0 Å². The smallest absolute Gasteiger partial charge is 0.329 e. The average Bonchev–Trinajstić information content (AvgIpc) is 3.09. The van der Waals surface area contributed by atoms with Gasteiger partial charge < -0.3 is 16.2 Å². The maximum absolute atomic E-state index is 11.4. The number of rotatable bonds is 5. The molecule has 1 heterocycles. The van der Waals surface area contributed by atoms with Gasteiger partial charge in [-0.05, 0) is 68.1 Å². The molecule has 1 saturated heterocycles. The number of nitrogens with two attached hydrogens (primary N) is 2. The Morgan fingerprint density at radius 2 is 1.59 bits per heavy atom. The molecule has 9 nitrogen and oxygen atoms in total. The van der Waals surface area contributed by atoms with E-state index in [0.717, 1.165) is 26.6 Å². The van der Waals surface area contributed by atoms with E-state index in [0.29, 0.717) is 13.0 Å². The number of urea groups is 2. The lowest BCUT2D eigenvalue weighted by Gasteiger charge is -2.14. The highest BCUT2D eigenvalue weighted by Gasteiger charge is 2.27. The summed E-state index contributed by atoms with van der Waals surface area (Å²) in [7, 11) is 0. The first kappa shape index (κ1) is 29.1. The third-order valence-corrected chi connectivity index (χ3v) is 6.17. The molecular formula is C23H28Br2N4O5. The Kier molecular flexibility index (Phi) is 12.3. The van der Waals surface area contributed by atoms with Crippen molar-refractivity contribution in [2.24, 2.45) is 11.5 Å². The zero-order chi connectivity index (χ0) is 25.8. The van der Waals surface area contributed by atoms with E-state index in [-0.39, 0.29) is 24.5 Å². The molecule has 0 aromatic heterocycles. The first-order valence-electron chi connectivity index (χ1n) is 10.3. The van der Waals surface area contributed by atoms with Crippen LogP contribution in [0.5, 0.6) is 0 Å². The lowest BCUT2D eigenvalue weighted by molar-refractivity contribution is -0.143. The van der Waals surface area contributed by atoms with Gasteiger partial charge in [0.1, 0.15) is 6.54 Å². The fourth-order valence-corrected chi connectivity index (χ4v) is 3.28. The number of aryl methyl sites for hydroxylation is 3. The number of ether oxygens (including phenoxy) is 1. The summed E-state index contributed by atoms with van der Waals surface area (Å²) in [5.41, 5.74) is 12.6. The molecule has 1 aliphatic heterocycles. The fraction of sp³-hybridized carbons (Fsp3) is 0.304. The largest absolute Gasteiger partial charge is 0.466 e. The number of carbonyl (C=O) groups excluding carboxylic acids is 4. The van der Waals surface area contributed by atoms with Crippen molar-refractivity contribution in [3.05, 3.63) is 62.0 Å². The number of amides is 5. The lowest BCUT2D eigenvalue weighted by atomic mass is 10.1. The third kappa shape index (κ3) is 10.3. The van der Waals surface area contributed by atoms with Gasteiger partial charge in [0.15, 0.2) is 0 Å². The molecule has 1 aliphatic rings. The predicted molar refractivity (Wildman–Crippen MR) is 137 cm³/mol. The number of anilines is 1. The minimum atomic E-state index is -0.833. The second-order valence-corrected chi connectivity index (χ2v) is 8.87. The van der Waals surface area contributed by atoms with E-state index in [1.807, 2.05) is 45.0 Å². The van der Waals surface area contributed by atoms with Crippen molar-refractivity contribution < 1.29 is 23.9 Å². The SMILES string of the molecule is CCOC(=O)CCc1ccc(Br)c(C)c1.Cc1cc(N2CC(=O)NC2=O)ccc1Br.NC(N)=O. The Balaban J connectivity index is 0.000000294. The molecule has 0 unspecified atom stereocenters. The van der Waals surface area contributed by atoms with Gasteiger partial charge in [-0.1, -0.05) is 44.0 Å². The van der Waals surface area contributed by atoms with Crippen molar-refractivity contribution in [3.63, 3.8) is 0 Å². The minimum absolute atomic E-state index is 0.0971. The normalized spacial score (nSPS) is 12.1. The van der Waals surface area contributed by atoms with Crippen molar-refractivity contribution in [2.45, 2.75) is 33.6 Å². The number of primary amides is 2. The van der Waals surface area contributed by atoms with Crippen LogP contribution >= 0.6 is 31.9 Å². The van der Waals surface area contributed by atoms with Crippen LogP contribution < -0.4 is 21.7 Å². The topological polar surface area (TPSA) is 145 Å². The monoisotopic (exact) mass is 598 g/mol. The molecule has 0 aliphatic carbocycles. The molecule has 1 fully saturated rings. The second kappa shape index (κ2) is 14.4. The van der Waals surface area contributed by atoms with Gasteiger partial charge in [0.2, 0.25) is 5.91 Å². The standard InChI is InChI=1S/C12H15BrO2.C10H9BrN2O2.CH4N2O/c1-3-15-12(14)7-5-10-4-6-11(13)9(2)8-10;1-6-4-7(2-3-8(6)11)13-5-9(14)12-10(13)15;2-1(3)4/h4,6,8H,3,5,7H2,1-2H3;2-4H,5H2,1H3,(H,12,14,15);(H4,2,3,4). The number of halogens is 2. The van der Waals surface area contributed by atoms with Crippen LogP contribution in [0.15, 0.2) is 45.3 Å². The third-order valence-electron chi connectivity index (χ3n) is 4.39. The van der Waals surface area contributed by atoms with E-state index in [4.69, 9.17) is 9.53 Å². The van der Waals surface area contributed by atoms with Crippen LogP contribution in [0, 0.1) is 13.8 Å². The molecule has 0 atom stereocenters. The number of benzene rings is 2. The minimum Gasteiger partial charge on any atom is -0.466 e. The average molecular weight is 600 g/mol. The van der Waals surface area contributed by atoms with Gasteiger partial charge in [0.05, 0.1) is 6.61 Å². The van der Waals surface area contributed by atoms with E-state index < -0.39 is 6.03 Å². The van der Waals surface area contributed by atoms with E-state index in [1.165, 1.54) is 16.0 Å². The van der Waals surface area contributed by atoms with E-state index in [2.05, 4.69) is 54.7 Å². The van der Waals surface area contributed by atoms with Gasteiger partial charge in [-0.3, -0.25) is 19.8 Å². The first-order chi connectivity index (χ1) is 15.9. The summed E-state index contributed by atoms with van der Waals surface area (Å²) in [5, 5.41) is 2.24. The Bertz CT molecular complexity index is 1040. The molecule has 34 heavy (non-hydrogen) atoms. The lowest BCUT2D eigenvalue weighted by Crippen LogP contribution is -2.27. The Labute approximate surface area is 215 Å². The number of esters is 1. The van der Waals surface area contributed by atoms with Gasteiger partial charge >= 0.3 is 18.0 Å². The van der Waals surface area contributed by atoms with Gasteiger partial charge in [-0.25, -0.2) is 9.59 Å². The molecule has 5 N–H and O–H groups in total. The zero-order valence-electron chi connectivity index (χ0n) is 19.2. The fourth-order valence-electron chi connectivity index (χ4n) is 2.79. The molecule has 2 aromatic carbocycles. The quantitative estimate of drug-likeness (QED) is 0.350. The molecule has 184 valence electrons. The van der Waals surface area contributed by atoms with Crippen LogP contribution in [0.25, 0.3) is 0 Å². The molecule has 11 heteroatoms. The number of carbonyl (C=O) groups is 4. The number of imide groups is 1. The number of hydrogen-bond donors (Lipinski definition) is 3. The van der Waals surface area contributed by atoms with Gasteiger partial charge in [0, 0.05) is 21.1 Å². The second-order valence-electron chi connectivity index (χ2n) is 7.16. The predicted octanol–water partition coefficient (Wildman–Crippen LogP) is 4.09. The highest BCUT2D eigenvalue weighted by Crippen LogP contribution is 2.24. The molecule has 5 amide bonds. The number of hydrogen-bond acceptors (Lipinski definition) is 5. The van der Waals surface area contributed by atoms with Crippen LogP contribution in [0.4, 0.5) is 15.3 Å². The highest BCUT2D eigenvalue weighted by atomic mass is 79.9. The summed E-state index contributed by atoms with van der Waals surface area (Å²) in [6.07, 6.45) is 1.20. The van der Waals surface area contributed by atoms with Crippen molar-refractivity contribution in [1.29, 1.82) is 0 Å². The molecule has 3 rings (SSSR count). The maximum Gasteiger partial charge on any atom is 0.329 e. The molecule has 0 saturated carbocycles. The summed E-state index contributed by atoms with van der Waals surface area (Å²) < 4.78 is 6.95. The molecule has 0 bridgehead atoms. The van der Waals surface area contributed by atoms with Crippen LogP contribution in [0.3, 0.4) is 0 Å². The van der Waals surface area contributed by atoms with Gasteiger partial charge in [-0.2, -0.15) is 0 Å². The summed E-state index contributed by atoms with van der Waals surface area (Å²) in [6.45, 7) is 6.35. The first-order valence-corrected chi connectivity index (χ1v) is 11.9. The van der Waals surface area contributed by atoms with E-state index in [9.17, 15) is 14.4 Å². The summed E-state index contributed by atoms with van der Waals surface area (Å²) in [6, 6.07) is 10.5. The van der Waals surface area contributed by atoms with Crippen LogP contribution in [0.2, 0.25) is 0 Å². The highest BCUT2D eigenvalue weighted by molar-refractivity contribution is 9.10. The van der Waals surface area contributed by atoms with E-state index in [1.54, 1.807) is 6.07 Å². The molecule has 0 spiro atoms. The zero-order valence-corrected chi connectivity index (χ0v) is 22.4. The Morgan fingerprint density at radius 3 is 2.06 bits per heavy atom. The summed E-state index contributed by atoms with van der Waals surface area (Å²) in [5.74, 6) is -0.390. The van der Waals surface area contributed by atoms with Crippen molar-refractivity contribution in [3.8, 4) is 0 Å². The van der Waals surface area contributed by atoms with Gasteiger partial charge in [0.25, 0.3) is 0 Å². The van der Waals surface area contributed by atoms with Crippen molar-refractivity contribution in [2.75, 3.05) is 18.1 Å². The van der Waals surface area contributed by atoms with Crippen LogP contribution in [0.1, 0.15) is 30.0 Å². The number of nitrogens with one attached hydrogen (secondary N) is 1. The van der Waals surface area contributed by atoms with Crippen molar-refractivity contribution in [1.82, 2.24) is 5.32 Å². The maximum atomic E-state index is 11.4. The Morgan fingerprint density at radius 1 is 1.03 bits per heavy atom. The van der Waals surface area contributed by atoms with Crippen molar-refractivity contribution >= 4 is 61.5 Å². The van der Waals surface area contributed by atoms with Crippen LogP contribution in [-0.2, 0) is 20.7 Å². The molecule has 2 aromatic rings. The molecule has 0 radical (unpaired) electrons. The van der Waals surface area contributed by atoms with E-state index >= 15 is 0 Å². The summed E-state index contributed by atoms with van der Waals surface area (Å²) >= 11 is 6.82.